The zero-order chi connectivity index (χ0) is 9.56. The lowest BCUT2D eigenvalue weighted by Crippen LogP contribution is -2.25. The predicted octanol–water partition coefficient (Wildman–Crippen LogP) is 0.105. The number of aliphatic carboxylic acids is 1. The molecule has 0 aromatic carbocycles. The third-order valence-corrected chi connectivity index (χ3v) is 2.61. The molecule has 1 N–H and O–H groups in total. The summed E-state index contributed by atoms with van der Waals surface area (Å²) in [5, 5.41) is 8.47. The third kappa shape index (κ3) is 4.30. The Bertz CT molecular complexity index is 217. The van der Waals surface area contributed by atoms with Crippen LogP contribution in [0.3, 0.4) is 0 Å². The van der Waals surface area contributed by atoms with E-state index in [1.54, 1.807) is 0 Å². The van der Waals surface area contributed by atoms with Gasteiger partial charge in [0.15, 0.2) is 6.04 Å². The Morgan fingerprint density at radius 1 is 1.83 bits per heavy atom. The molecule has 2 unspecified atom stereocenters. The first-order valence-corrected chi connectivity index (χ1v) is 4.98. The lowest BCUT2D eigenvalue weighted by atomic mass is 10.4. The van der Waals surface area contributed by atoms with Gasteiger partial charge in [0.05, 0.1) is 5.75 Å². The van der Waals surface area contributed by atoms with Crippen LogP contribution in [0, 0.1) is 0 Å². The Balaban J connectivity index is 4.02. The van der Waals surface area contributed by atoms with Gasteiger partial charge in [-0.05, 0) is 0 Å². The first-order valence-electron chi connectivity index (χ1n) is 3.13. The minimum Gasteiger partial charge on any atom is -0.480 e. The summed E-state index contributed by atoms with van der Waals surface area (Å²) in [6, 6.07) is -1.04. The van der Waals surface area contributed by atoms with E-state index in [4.69, 9.17) is 5.11 Å². The highest BCUT2D eigenvalue weighted by Gasteiger charge is 2.18. The van der Waals surface area contributed by atoms with E-state index in [1.807, 2.05) is 0 Å². The second-order valence-corrected chi connectivity index (χ2v) is 3.78. The van der Waals surface area contributed by atoms with Gasteiger partial charge in [-0.15, -0.1) is 6.58 Å². The Kier molecular flexibility index (Phi) is 5.65. The highest BCUT2D eigenvalue weighted by Crippen LogP contribution is 1.95. The minimum atomic E-state index is -1.23. The van der Waals surface area contributed by atoms with Crippen LogP contribution in [0.2, 0.25) is 0 Å². The van der Waals surface area contributed by atoms with Crippen LogP contribution in [0.1, 0.15) is 0 Å². The highest BCUT2D eigenvalue weighted by atomic mass is 32.2. The molecule has 0 heterocycles. The molecule has 0 fully saturated rings. The van der Waals surface area contributed by atoms with Crippen LogP contribution in [0.4, 0.5) is 0 Å². The molecular formula is C6H9NO3S2. The highest BCUT2D eigenvalue weighted by molar-refractivity contribution is 7.85. The van der Waals surface area contributed by atoms with E-state index >= 15 is 0 Å². The number of nitrogens with zero attached hydrogens (tertiary/aromatic N) is 1. The summed E-state index contributed by atoms with van der Waals surface area (Å²) in [7, 11) is -1.23. The molecule has 0 amide bonds. The first-order chi connectivity index (χ1) is 5.61. The Morgan fingerprint density at radius 2 is 2.42 bits per heavy atom. The van der Waals surface area contributed by atoms with Gasteiger partial charge in [0.2, 0.25) is 0 Å². The van der Waals surface area contributed by atoms with Gasteiger partial charge in [-0.3, -0.25) is 4.21 Å². The van der Waals surface area contributed by atoms with E-state index < -0.39 is 22.8 Å². The quantitative estimate of drug-likeness (QED) is 0.627. The Morgan fingerprint density at radius 3 is 2.75 bits per heavy atom. The molecule has 0 bridgehead atoms. The number of hydrogen-bond acceptors (Lipinski definition) is 4. The second-order valence-electron chi connectivity index (χ2n) is 2.02. The van der Waals surface area contributed by atoms with E-state index in [0.29, 0.717) is 0 Å². The number of carbonyl (C=O) groups is 1. The summed E-state index contributed by atoms with van der Waals surface area (Å²) in [5.74, 6) is -0.901. The van der Waals surface area contributed by atoms with Crippen molar-refractivity contribution >= 4 is 29.2 Å². The summed E-state index contributed by atoms with van der Waals surface area (Å²) < 4.78 is 14.2. The topological polar surface area (TPSA) is 66.7 Å². The molecule has 0 aliphatic carbocycles. The van der Waals surface area contributed by atoms with E-state index in [1.165, 1.54) is 6.08 Å². The first kappa shape index (κ1) is 11.4. The SMILES string of the molecule is C=CCS(=O)CC(N=S)C(=O)O. The molecule has 12 heavy (non-hydrogen) atoms. The monoisotopic (exact) mass is 207 g/mol. The molecule has 0 aromatic rings. The molecule has 0 radical (unpaired) electrons. The van der Waals surface area contributed by atoms with Crippen molar-refractivity contribution in [1.82, 2.24) is 0 Å². The molecule has 4 nitrogen and oxygen atoms in total. The lowest BCUT2D eigenvalue weighted by Gasteiger charge is -2.02. The van der Waals surface area contributed by atoms with Crippen molar-refractivity contribution in [2.45, 2.75) is 6.04 Å². The fourth-order valence-corrected chi connectivity index (χ4v) is 1.75. The molecule has 0 spiro atoms. The van der Waals surface area contributed by atoms with Crippen LogP contribution in [0.25, 0.3) is 0 Å². The molecule has 0 saturated carbocycles. The van der Waals surface area contributed by atoms with Crippen molar-refractivity contribution in [2.24, 2.45) is 4.36 Å². The van der Waals surface area contributed by atoms with Gasteiger partial charge in [0, 0.05) is 29.0 Å². The fraction of sp³-hybridized carbons (Fsp3) is 0.500. The van der Waals surface area contributed by atoms with Gasteiger partial charge in [-0.1, -0.05) is 6.08 Å². The van der Waals surface area contributed by atoms with Gasteiger partial charge in [-0.2, -0.15) is 0 Å². The van der Waals surface area contributed by atoms with E-state index in [9.17, 15) is 9.00 Å². The summed E-state index contributed by atoms with van der Waals surface area (Å²) in [5.41, 5.74) is 0. The van der Waals surface area contributed by atoms with Crippen molar-refractivity contribution in [3.05, 3.63) is 12.7 Å². The summed E-state index contributed by atoms with van der Waals surface area (Å²) in [6.45, 7) is 3.38. The van der Waals surface area contributed by atoms with Gasteiger partial charge in [0.1, 0.15) is 0 Å². The molecule has 0 aliphatic rings. The van der Waals surface area contributed by atoms with Gasteiger partial charge in [-0.25, -0.2) is 9.16 Å². The fourth-order valence-electron chi connectivity index (χ4n) is 0.522. The molecule has 6 heteroatoms. The van der Waals surface area contributed by atoms with Crippen LogP contribution in [-0.2, 0) is 28.0 Å². The van der Waals surface area contributed by atoms with Crippen LogP contribution in [0.15, 0.2) is 17.0 Å². The zero-order valence-corrected chi connectivity index (χ0v) is 7.94. The smallest absolute Gasteiger partial charge is 0.330 e. The summed E-state index contributed by atoms with van der Waals surface area (Å²) in [4.78, 5) is 10.3. The molecule has 2 atom stereocenters. The molecule has 68 valence electrons. The average Bonchev–Trinajstić information content (AvgIpc) is 2.00. The Labute approximate surface area is 78.3 Å². The number of carboxylic acid groups (broad SMARTS) is 1. The maximum atomic E-state index is 11.0. The van der Waals surface area contributed by atoms with Gasteiger partial charge >= 0.3 is 5.97 Å². The van der Waals surface area contributed by atoms with Crippen molar-refractivity contribution in [1.29, 1.82) is 0 Å². The van der Waals surface area contributed by atoms with Crippen LogP contribution in [-0.4, -0.2) is 32.8 Å². The number of rotatable bonds is 6. The summed E-state index contributed by atoms with van der Waals surface area (Å²) >= 11 is 4.24. The normalized spacial score (nSPS) is 14.7. The molecule has 0 aliphatic heterocycles. The maximum Gasteiger partial charge on any atom is 0.330 e. The average molecular weight is 207 g/mol. The molecule has 0 aromatic heterocycles. The van der Waals surface area contributed by atoms with Crippen molar-refractivity contribution < 1.29 is 14.1 Å². The third-order valence-electron chi connectivity index (χ3n) is 1.06. The Hall–Kier alpha value is -0.620. The van der Waals surface area contributed by atoms with E-state index in [0.717, 1.165) is 0 Å². The van der Waals surface area contributed by atoms with Crippen LogP contribution in [0.5, 0.6) is 0 Å². The van der Waals surface area contributed by atoms with Crippen LogP contribution >= 0.6 is 0 Å². The standard InChI is InChI=1S/C6H9NO3S2/c1-2-3-12(10)4-5(7-11)6(8)9/h2,5H,1,3-4H2,(H,8,9). The van der Waals surface area contributed by atoms with E-state index in [-0.39, 0.29) is 11.5 Å². The van der Waals surface area contributed by atoms with E-state index in [2.05, 4.69) is 23.4 Å². The van der Waals surface area contributed by atoms with Crippen molar-refractivity contribution in [3.63, 3.8) is 0 Å². The molecular weight excluding hydrogens is 198 g/mol. The molecule has 0 saturated heterocycles. The van der Waals surface area contributed by atoms with Crippen LogP contribution < -0.4 is 0 Å². The molecule has 0 rings (SSSR count). The summed E-state index contributed by atoms with van der Waals surface area (Å²) in [6.07, 6.45) is 1.47. The maximum absolute atomic E-state index is 11.0. The van der Waals surface area contributed by atoms with Gasteiger partial charge in [0.25, 0.3) is 0 Å². The van der Waals surface area contributed by atoms with Crippen molar-refractivity contribution in [2.75, 3.05) is 11.5 Å². The van der Waals surface area contributed by atoms with Gasteiger partial charge < -0.3 is 5.11 Å². The second kappa shape index (κ2) is 5.96. The number of hydrogen-bond donors (Lipinski definition) is 1. The largest absolute Gasteiger partial charge is 0.480 e. The van der Waals surface area contributed by atoms with Crippen molar-refractivity contribution in [3.8, 4) is 0 Å². The zero-order valence-electron chi connectivity index (χ0n) is 6.30. The lowest BCUT2D eigenvalue weighted by molar-refractivity contribution is -0.137. The minimum absolute atomic E-state index is 0.0369. The predicted molar refractivity (Wildman–Crippen MR) is 49.3 cm³/mol. The number of carboxylic acids is 1.